The molecular weight excluding hydrogens is 324 g/mol. The molecule has 0 saturated carbocycles. The maximum atomic E-state index is 6.16. The first-order valence-corrected chi connectivity index (χ1v) is 7.83. The fourth-order valence-electron chi connectivity index (χ4n) is 2.17. The van der Waals surface area contributed by atoms with Gasteiger partial charge in [-0.3, -0.25) is 0 Å². The molecule has 0 radical (unpaired) electrons. The van der Waals surface area contributed by atoms with Crippen LogP contribution in [0.3, 0.4) is 0 Å². The van der Waals surface area contributed by atoms with Crippen LogP contribution in [-0.4, -0.2) is 17.1 Å². The van der Waals surface area contributed by atoms with Gasteiger partial charge in [-0.15, -0.1) is 0 Å². The normalized spacial score (nSPS) is 10.2. The molecule has 6 heteroatoms. The van der Waals surface area contributed by atoms with Crippen molar-refractivity contribution in [2.45, 2.75) is 6.54 Å². The van der Waals surface area contributed by atoms with Gasteiger partial charge in [0.15, 0.2) is 0 Å². The summed E-state index contributed by atoms with van der Waals surface area (Å²) in [7, 11) is 1.64. The maximum Gasteiger partial charge on any atom is 0.135 e. The second-order valence-corrected chi connectivity index (χ2v) is 5.49. The van der Waals surface area contributed by atoms with Crippen LogP contribution in [0.1, 0.15) is 5.56 Å². The fourth-order valence-corrected chi connectivity index (χ4v) is 2.37. The summed E-state index contributed by atoms with van der Waals surface area (Å²) in [4.78, 5) is 8.46. The summed E-state index contributed by atoms with van der Waals surface area (Å²) >= 11 is 6.16. The van der Waals surface area contributed by atoms with Crippen LogP contribution in [0, 0.1) is 0 Å². The lowest BCUT2D eigenvalue weighted by Gasteiger charge is -2.10. The SMILES string of the molecule is COc1ccc(Nc2cc(NCc3ccccc3Cl)ncn2)cc1. The van der Waals surface area contributed by atoms with Crippen LogP contribution in [0.25, 0.3) is 0 Å². The molecule has 0 aliphatic rings. The minimum Gasteiger partial charge on any atom is -0.497 e. The van der Waals surface area contributed by atoms with Crippen LogP contribution in [0.15, 0.2) is 60.9 Å². The van der Waals surface area contributed by atoms with E-state index in [0.717, 1.165) is 27.8 Å². The third kappa shape index (κ3) is 4.14. The molecule has 0 aliphatic heterocycles. The van der Waals surface area contributed by atoms with Crippen molar-refractivity contribution >= 4 is 28.9 Å². The fraction of sp³-hybridized carbons (Fsp3) is 0.111. The number of ether oxygens (including phenoxy) is 1. The molecule has 0 atom stereocenters. The highest BCUT2D eigenvalue weighted by molar-refractivity contribution is 6.31. The molecule has 2 N–H and O–H groups in total. The van der Waals surface area contributed by atoms with Gasteiger partial charge in [0, 0.05) is 23.3 Å². The summed E-state index contributed by atoms with van der Waals surface area (Å²) < 4.78 is 5.15. The Bertz CT molecular complexity index is 808. The molecule has 0 aliphatic carbocycles. The van der Waals surface area contributed by atoms with Gasteiger partial charge in [-0.2, -0.15) is 0 Å². The van der Waals surface area contributed by atoms with Crippen molar-refractivity contribution in [3.05, 3.63) is 71.5 Å². The molecule has 0 amide bonds. The number of nitrogens with one attached hydrogen (secondary N) is 2. The zero-order valence-corrected chi connectivity index (χ0v) is 13.9. The van der Waals surface area contributed by atoms with Crippen molar-refractivity contribution in [1.29, 1.82) is 0 Å². The molecule has 1 aromatic heterocycles. The Morgan fingerprint density at radius 1 is 1.00 bits per heavy atom. The molecule has 122 valence electrons. The average molecular weight is 341 g/mol. The molecule has 3 rings (SSSR count). The molecule has 3 aromatic rings. The lowest BCUT2D eigenvalue weighted by molar-refractivity contribution is 0.415. The molecule has 0 unspecified atom stereocenters. The first-order valence-electron chi connectivity index (χ1n) is 7.45. The molecule has 0 saturated heterocycles. The first-order chi connectivity index (χ1) is 11.7. The van der Waals surface area contributed by atoms with E-state index in [-0.39, 0.29) is 0 Å². The van der Waals surface area contributed by atoms with E-state index in [9.17, 15) is 0 Å². The van der Waals surface area contributed by atoms with Crippen molar-refractivity contribution < 1.29 is 4.74 Å². The number of nitrogens with zero attached hydrogens (tertiary/aromatic N) is 2. The quantitative estimate of drug-likeness (QED) is 0.692. The molecular formula is C18H17ClN4O. The van der Waals surface area contributed by atoms with Gasteiger partial charge in [0.05, 0.1) is 7.11 Å². The zero-order valence-electron chi connectivity index (χ0n) is 13.2. The Morgan fingerprint density at radius 2 is 1.75 bits per heavy atom. The third-order valence-electron chi connectivity index (χ3n) is 3.45. The van der Waals surface area contributed by atoms with Gasteiger partial charge in [0.1, 0.15) is 23.7 Å². The molecule has 0 fully saturated rings. The number of hydrogen-bond acceptors (Lipinski definition) is 5. The van der Waals surface area contributed by atoms with E-state index in [1.54, 1.807) is 7.11 Å². The van der Waals surface area contributed by atoms with E-state index in [2.05, 4.69) is 20.6 Å². The topological polar surface area (TPSA) is 59.1 Å². The van der Waals surface area contributed by atoms with E-state index >= 15 is 0 Å². The number of methoxy groups -OCH3 is 1. The summed E-state index contributed by atoms with van der Waals surface area (Å²) in [5, 5.41) is 7.22. The van der Waals surface area contributed by atoms with Gasteiger partial charge < -0.3 is 15.4 Å². The van der Waals surface area contributed by atoms with E-state index in [4.69, 9.17) is 16.3 Å². The van der Waals surface area contributed by atoms with Gasteiger partial charge >= 0.3 is 0 Å². The van der Waals surface area contributed by atoms with Crippen molar-refractivity contribution in [3.8, 4) is 5.75 Å². The second-order valence-electron chi connectivity index (χ2n) is 5.09. The number of anilines is 3. The number of hydrogen-bond donors (Lipinski definition) is 2. The van der Waals surface area contributed by atoms with Gasteiger partial charge in [0.25, 0.3) is 0 Å². The maximum absolute atomic E-state index is 6.16. The van der Waals surface area contributed by atoms with Crippen LogP contribution in [-0.2, 0) is 6.54 Å². The predicted molar refractivity (Wildman–Crippen MR) is 97.1 cm³/mol. The van der Waals surface area contributed by atoms with Crippen molar-refractivity contribution in [1.82, 2.24) is 9.97 Å². The highest BCUT2D eigenvalue weighted by Gasteiger charge is 2.02. The van der Waals surface area contributed by atoms with Crippen molar-refractivity contribution in [2.75, 3.05) is 17.7 Å². The lowest BCUT2D eigenvalue weighted by atomic mass is 10.2. The van der Waals surface area contributed by atoms with Crippen LogP contribution in [0.2, 0.25) is 5.02 Å². The van der Waals surface area contributed by atoms with Crippen LogP contribution >= 0.6 is 11.6 Å². The Balaban J connectivity index is 1.66. The van der Waals surface area contributed by atoms with E-state index in [1.165, 1.54) is 6.33 Å². The summed E-state index contributed by atoms with van der Waals surface area (Å²) in [6.45, 7) is 0.596. The largest absolute Gasteiger partial charge is 0.497 e. The van der Waals surface area contributed by atoms with Gasteiger partial charge in [-0.05, 0) is 35.9 Å². The van der Waals surface area contributed by atoms with Crippen molar-refractivity contribution in [3.63, 3.8) is 0 Å². The predicted octanol–water partition coefficient (Wildman–Crippen LogP) is 4.49. The molecule has 24 heavy (non-hydrogen) atoms. The highest BCUT2D eigenvalue weighted by atomic mass is 35.5. The summed E-state index contributed by atoms with van der Waals surface area (Å²) in [6.07, 6.45) is 1.51. The Labute approximate surface area is 145 Å². The molecule has 1 heterocycles. The molecule has 2 aromatic carbocycles. The van der Waals surface area contributed by atoms with Crippen LogP contribution in [0.4, 0.5) is 17.3 Å². The minimum atomic E-state index is 0.596. The van der Waals surface area contributed by atoms with Crippen molar-refractivity contribution in [2.24, 2.45) is 0 Å². The van der Waals surface area contributed by atoms with Gasteiger partial charge in [-0.1, -0.05) is 29.8 Å². The Hall–Kier alpha value is -2.79. The third-order valence-corrected chi connectivity index (χ3v) is 3.82. The van der Waals surface area contributed by atoms with Gasteiger partial charge in [-0.25, -0.2) is 9.97 Å². The van der Waals surface area contributed by atoms with E-state index in [0.29, 0.717) is 12.4 Å². The smallest absolute Gasteiger partial charge is 0.135 e. The Kier molecular flexibility index (Phi) is 5.13. The monoisotopic (exact) mass is 340 g/mol. The summed E-state index contributed by atoms with van der Waals surface area (Å²) in [5.74, 6) is 2.24. The number of benzene rings is 2. The lowest BCUT2D eigenvalue weighted by Crippen LogP contribution is -2.03. The summed E-state index contributed by atoms with van der Waals surface area (Å²) in [5.41, 5.74) is 1.94. The van der Waals surface area contributed by atoms with Crippen LogP contribution in [0.5, 0.6) is 5.75 Å². The van der Waals surface area contributed by atoms with Gasteiger partial charge in [0.2, 0.25) is 0 Å². The Morgan fingerprint density at radius 3 is 2.50 bits per heavy atom. The van der Waals surface area contributed by atoms with E-state index < -0.39 is 0 Å². The highest BCUT2D eigenvalue weighted by Crippen LogP contribution is 2.20. The van der Waals surface area contributed by atoms with E-state index in [1.807, 2.05) is 54.6 Å². The zero-order chi connectivity index (χ0) is 16.8. The first kappa shape index (κ1) is 16.1. The number of halogens is 1. The standard InChI is InChI=1S/C18H17ClN4O/c1-24-15-8-6-14(7-9-15)23-18-10-17(21-12-22-18)20-11-13-4-2-3-5-16(13)19/h2-10,12H,11H2,1H3,(H2,20,21,22,23). The molecule has 0 spiro atoms. The number of rotatable bonds is 6. The average Bonchev–Trinajstić information content (AvgIpc) is 2.62. The minimum absolute atomic E-state index is 0.596. The second kappa shape index (κ2) is 7.66. The summed E-state index contributed by atoms with van der Waals surface area (Å²) in [6, 6.07) is 17.2. The number of aromatic nitrogens is 2. The molecule has 5 nitrogen and oxygen atoms in total. The molecule has 0 bridgehead atoms. The van der Waals surface area contributed by atoms with Crippen LogP contribution < -0.4 is 15.4 Å².